The van der Waals surface area contributed by atoms with Crippen LogP contribution in [0.4, 0.5) is 0 Å². The molecule has 1 aromatic heterocycles. The number of aryl methyl sites for hydroxylation is 2. The van der Waals surface area contributed by atoms with Crippen molar-refractivity contribution in [1.82, 2.24) is 10.3 Å². The average molecular weight is 254 g/mol. The Kier molecular flexibility index (Phi) is 4.69. The van der Waals surface area contributed by atoms with Crippen LogP contribution in [0, 0.1) is 13.8 Å². The standard InChI is InChI=1S/C17H22N2/c1-4-11-18-17(15-9-5-7-13(2)12-15)16-10-6-8-14(3)19-16/h5-10,12,17-18H,4,11H2,1-3H3. The van der Waals surface area contributed by atoms with Crippen LogP contribution in [-0.4, -0.2) is 11.5 Å². The van der Waals surface area contributed by atoms with Crippen LogP contribution < -0.4 is 5.32 Å². The monoisotopic (exact) mass is 254 g/mol. The highest BCUT2D eigenvalue weighted by atomic mass is 14.9. The summed E-state index contributed by atoms with van der Waals surface area (Å²) in [7, 11) is 0. The SMILES string of the molecule is CCCNC(c1cccc(C)c1)c1cccc(C)n1. The summed E-state index contributed by atoms with van der Waals surface area (Å²) in [6.45, 7) is 7.35. The Morgan fingerprint density at radius 1 is 1.11 bits per heavy atom. The van der Waals surface area contributed by atoms with E-state index in [1.165, 1.54) is 11.1 Å². The molecule has 0 aliphatic heterocycles. The van der Waals surface area contributed by atoms with E-state index in [2.05, 4.69) is 60.5 Å². The number of nitrogens with zero attached hydrogens (tertiary/aromatic N) is 1. The van der Waals surface area contributed by atoms with Crippen LogP contribution in [-0.2, 0) is 0 Å². The van der Waals surface area contributed by atoms with Gasteiger partial charge in [-0.1, -0.05) is 42.8 Å². The minimum atomic E-state index is 0.180. The van der Waals surface area contributed by atoms with E-state index >= 15 is 0 Å². The highest BCUT2D eigenvalue weighted by Crippen LogP contribution is 2.21. The van der Waals surface area contributed by atoms with Crippen molar-refractivity contribution in [3.8, 4) is 0 Å². The van der Waals surface area contributed by atoms with Gasteiger partial charge in [0.2, 0.25) is 0 Å². The van der Waals surface area contributed by atoms with E-state index in [0.717, 1.165) is 24.4 Å². The number of pyridine rings is 1. The quantitative estimate of drug-likeness (QED) is 0.878. The number of aromatic nitrogens is 1. The molecule has 0 saturated heterocycles. The molecule has 0 fully saturated rings. The lowest BCUT2D eigenvalue weighted by Gasteiger charge is -2.19. The molecule has 100 valence electrons. The molecule has 2 nitrogen and oxygen atoms in total. The van der Waals surface area contributed by atoms with Crippen LogP contribution in [0.3, 0.4) is 0 Å². The van der Waals surface area contributed by atoms with Crippen molar-refractivity contribution in [3.63, 3.8) is 0 Å². The molecular formula is C17H22N2. The van der Waals surface area contributed by atoms with Crippen molar-refractivity contribution in [2.24, 2.45) is 0 Å². The van der Waals surface area contributed by atoms with Crippen LogP contribution in [0.15, 0.2) is 42.5 Å². The lowest BCUT2D eigenvalue weighted by Crippen LogP contribution is -2.24. The maximum Gasteiger partial charge on any atom is 0.0751 e. The van der Waals surface area contributed by atoms with E-state index in [0.29, 0.717) is 0 Å². The van der Waals surface area contributed by atoms with Crippen molar-refractivity contribution in [1.29, 1.82) is 0 Å². The Labute approximate surface area is 115 Å². The molecule has 0 aliphatic carbocycles. The fraction of sp³-hybridized carbons (Fsp3) is 0.353. The fourth-order valence-corrected chi connectivity index (χ4v) is 2.26. The summed E-state index contributed by atoms with van der Waals surface area (Å²) in [6.07, 6.45) is 1.12. The van der Waals surface area contributed by atoms with Gasteiger partial charge in [-0.05, 0) is 44.5 Å². The normalized spacial score (nSPS) is 12.4. The molecule has 0 saturated carbocycles. The average Bonchev–Trinajstić information content (AvgIpc) is 2.39. The van der Waals surface area contributed by atoms with Crippen LogP contribution in [0.5, 0.6) is 0 Å². The summed E-state index contributed by atoms with van der Waals surface area (Å²) in [4.78, 5) is 4.67. The molecule has 2 heteroatoms. The molecule has 1 heterocycles. The second kappa shape index (κ2) is 6.48. The summed E-state index contributed by atoms with van der Waals surface area (Å²) >= 11 is 0. The van der Waals surface area contributed by atoms with Crippen molar-refractivity contribution < 1.29 is 0 Å². The van der Waals surface area contributed by atoms with Crippen molar-refractivity contribution in [3.05, 3.63) is 65.0 Å². The van der Waals surface area contributed by atoms with Gasteiger partial charge in [0.1, 0.15) is 0 Å². The Morgan fingerprint density at radius 2 is 1.89 bits per heavy atom. The molecule has 0 radical (unpaired) electrons. The number of rotatable bonds is 5. The summed E-state index contributed by atoms with van der Waals surface area (Å²) in [5.74, 6) is 0. The molecule has 0 amide bonds. The first kappa shape index (κ1) is 13.8. The first-order valence-electron chi connectivity index (χ1n) is 6.94. The van der Waals surface area contributed by atoms with Crippen molar-refractivity contribution >= 4 is 0 Å². The van der Waals surface area contributed by atoms with Gasteiger partial charge in [-0.2, -0.15) is 0 Å². The van der Waals surface area contributed by atoms with Crippen molar-refractivity contribution in [2.45, 2.75) is 33.2 Å². The number of benzene rings is 1. The molecule has 0 aliphatic rings. The second-order valence-corrected chi connectivity index (χ2v) is 5.01. The van der Waals surface area contributed by atoms with E-state index in [4.69, 9.17) is 0 Å². The van der Waals surface area contributed by atoms with Gasteiger partial charge in [-0.3, -0.25) is 4.98 Å². The Bertz CT molecular complexity index is 489. The summed E-state index contributed by atoms with van der Waals surface area (Å²) in [5.41, 5.74) is 4.73. The zero-order valence-corrected chi connectivity index (χ0v) is 12.0. The van der Waals surface area contributed by atoms with E-state index < -0.39 is 0 Å². The predicted molar refractivity (Wildman–Crippen MR) is 80.3 cm³/mol. The molecule has 0 bridgehead atoms. The Balaban J connectivity index is 2.35. The lowest BCUT2D eigenvalue weighted by molar-refractivity contribution is 0.585. The minimum absolute atomic E-state index is 0.180. The molecule has 1 atom stereocenters. The van der Waals surface area contributed by atoms with Gasteiger partial charge in [0.25, 0.3) is 0 Å². The molecule has 1 N–H and O–H groups in total. The molecule has 19 heavy (non-hydrogen) atoms. The highest BCUT2D eigenvalue weighted by molar-refractivity contribution is 5.31. The molecule has 1 aromatic carbocycles. The highest BCUT2D eigenvalue weighted by Gasteiger charge is 2.14. The fourth-order valence-electron chi connectivity index (χ4n) is 2.26. The third kappa shape index (κ3) is 3.65. The third-order valence-corrected chi connectivity index (χ3v) is 3.18. The molecule has 0 spiro atoms. The van der Waals surface area contributed by atoms with Crippen LogP contribution >= 0.6 is 0 Å². The van der Waals surface area contributed by atoms with Crippen molar-refractivity contribution in [2.75, 3.05) is 6.54 Å². The summed E-state index contributed by atoms with van der Waals surface area (Å²) in [6, 6.07) is 15.0. The van der Waals surface area contributed by atoms with E-state index in [-0.39, 0.29) is 6.04 Å². The molecule has 2 aromatic rings. The first-order chi connectivity index (χ1) is 9.20. The number of hydrogen-bond donors (Lipinski definition) is 1. The zero-order chi connectivity index (χ0) is 13.7. The van der Waals surface area contributed by atoms with Crippen LogP contribution in [0.25, 0.3) is 0 Å². The zero-order valence-electron chi connectivity index (χ0n) is 12.0. The Hall–Kier alpha value is -1.67. The van der Waals surface area contributed by atoms with Gasteiger partial charge in [0.15, 0.2) is 0 Å². The van der Waals surface area contributed by atoms with Gasteiger partial charge in [0, 0.05) is 5.69 Å². The smallest absolute Gasteiger partial charge is 0.0751 e. The second-order valence-electron chi connectivity index (χ2n) is 5.01. The van der Waals surface area contributed by atoms with Gasteiger partial charge >= 0.3 is 0 Å². The minimum Gasteiger partial charge on any atom is -0.305 e. The van der Waals surface area contributed by atoms with Gasteiger partial charge in [-0.25, -0.2) is 0 Å². The molecule has 2 rings (SSSR count). The van der Waals surface area contributed by atoms with Crippen LogP contribution in [0.1, 0.15) is 41.9 Å². The van der Waals surface area contributed by atoms with E-state index in [1.807, 2.05) is 13.0 Å². The van der Waals surface area contributed by atoms with Gasteiger partial charge in [0.05, 0.1) is 11.7 Å². The van der Waals surface area contributed by atoms with Gasteiger partial charge < -0.3 is 5.32 Å². The topological polar surface area (TPSA) is 24.9 Å². The third-order valence-electron chi connectivity index (χ3n) is 3.18. The summed E-state index contributed by atoms with van der Waals surface area (Å²) in [5, 5.41) is 3.59. The maximum absolute atomic E-state index is 4.67. The van der Waals surface area contributed by atoms with Crippen LogP contribution in [0.2, 0.25) is 0 Å². The maximum atomic E-state index is 4.67. The van der Waals surface area contributed by atoms with E-state index in [1.54, 1.807) is 0 Å². The number of nitrogens with one attached hydrogen (secondary N) is 1. The summed E-state index contributed by atoms with van der Waals surface area (Å²) < 4.78 is 0. The Morgan fingerprint density at radius 3 is 2.58 bits per heavy atom. The van der Waals surface area contributed by atoms with E-state index in [9.17, 15) is 0 Å². The largest absolute Gasteiger partial charge is 0.305 e. The first-order valence-corrected chi connectivity index (χ1v) is 6.94. The predicted octanol–water partition coefficient (Wildman–Crippen LogP) is 3.79. The number of hydrogen-bond acceptors (Lipinski definition) is 2. The lowest BCUT2D eigenvalue weighted by atomic mass is 10.0. The molecular weight excluding hydrogens is 232 g/mol. The van der Waals surface area contributed by atoms with Gasteiger partial charge in [-0.15, -0.1) is 0 Å². The molecule has 1 unspecified atom stereocenters.